The summed E-state index contributed by atoms with van der Waals surface area (Å²) in [6.07, 6.45) is 1.47. The van der Waals surface area contributed by atoms with E-state index >= 15 is 0 Å². The SMILES string of the molecule is c1ccc2sc(CNc3ccc4ocnc4c3)cc2c1. The van der Waals surface area contributed by atoms with E-state index in [9.17, 15) is 0 Å². The van der Waals surface area contributed by atoms with Crippen LogP contribution in [0.25, 0.3) is 21.2 Å². The van der Waals surface area contributed by atoms with Gasteiger partial charge < -0.3 is 9.73 Å². The molecule has 0 aliphatic carbocycles. The van der Waals surface area contributed by atoms with Crippen molar-refractivity contribution in [2.75, 3.05) is 5.32 Å². The van der Waals surface area contributed by atoms with Crippen LogP contribution in [0.1, 0.15) is 4.88 Å². The van der Waals surface area contributed by atoms with E-state index in [1.54, 1.807) is 0 Å². The van der Waals surface area contributed by atoms with E-state index in [2.05, 4.69) is 40.6 Å². The molecule has 0 spiro atoms. The minimum Gasteiger partial charge on any atom is -0.443 e. The third-order valence-electron chi connectivity index (χ3n) is 3.27. The molecule has 1 N–H and O–H groups in total. The van der Waals surface area contributed by atoms with Gasteiger partial charge in [0.05, 0.1) is 0 Å². The van der Waals surface area contributed by atoms with Crippen LogP contribution in [-0.4, -0.2) is 4.98 Å². The minimum absolute atomic E-state index is 0.817. The van der Waals surface area contributed by atoms with Crippen molar-refractivity contribution in [2.45, 2.75) is 6.54 Å². The molecule has 2 aromatic carbocycles. The van der Waals surface area contributed by atoms with Crippen molar-refractivity contribution in [3.63, 3.8) is 0 Å². The molecule has 0 saturated carbocycles. The Hall–Kier alpha value is -2.33. The molecule has 0 unspecified atom stereocenters. The number of hydrogen-bond donors (Lipinski definition) is 1. The first-order valence-corrected chi connectivity index (χ1v) is 7.25. The van der Waals surface area contributed by atoms with Crippen molar-refractivity contribution >= 4 is 38.2 Å². The second-order valence-electron chi connectivity index (χ2n) is 4.64. The number of hydrogen-bond acceptors (Lipinski definition) is 4. The number of fused-ring (bicyclic) bond motifs is 2. The number of benzene rings is 2. The molecule has 4 aromatic rings. The van der Waals surface area contributed by atoms with Crippen LogP contribution in [0.4, 0.5) is 5.69 Å². The zero-order valence-corrected chi connectivity index (χ0v) is 11.5. The highest BCUT2D eigenvalue weighted by Gasteiger charge is 2.03. The number of oxazole rings is 1. The molecular formula is C16H12N2OS. The average Bonchev–Trinajstić information content (AvgIpc) is 3.10. The van der Waals surface area contributed by atoms with Gasteiger partial charge in [0.2, 0.25) is 0 Å². The third kappa shape index (κ3) is 2.04. The maximum absolute atomic E-state index is 5.24. The van der Waals surface area contributed by atoms with Gasteiger partial charge in [-0.15, -0.1) is 11.3 Å². The molecule has 98 valence electrons. The Bertz CT molecular complexity index is 843. The highest BCUT2D eigenvalue weighted by atomic mass is 32.1. The quantitative estimate of drug-likeness (QED) is 0.593. The van der Waals surface area contributed by atoms with Gasteiger partial charge in [0, 0.05) is 21.8 Å². The lowest BCUT2D eigenvalue weighted by Crippen LogP contribution is -1.96. The molecule has 2 aromatic heterocycles. The fraction of sp³-hybridized carbons (Fsp3) is 0.0625. The Labute approximate surface area is 119 Å². The van der Waals surface area contributed by atoms with E-state index in [0.717, 1.165) is 23.3 Å². The molecule has 0 fully saturated rings. The molecule has 3 nitrogen and oxygen atoms in total. The maximum atomic E-state index is 5.24. The number of rotatable bonds is 3. The molecule has 0 atom stereocenters. The molecule has 0 radical (unpaired) electrons. The number of anilines is 1. The van der Waals surface area contributed by atoms with E-state index in [4.69, 9.17) is 4.42 Å². The number of nitrogens with one attached hydrogen (secondary N) is 1. The topological polar surface area (TPSA) is 38.1 Å². The zero-order valence-electron chi connectivity index (χ0n) is 10.7. The van der Waals surface area contributed by atoms with Crippen LogP contribution in [-0.2, 0) is 6.54 Å². The molecule has 0 amide bonds. The first-order chi connectivity index (χ1) is 9.88. The first kappa shape index (κ1) is 11.5. The van der Waals surface area contributed by atoms with Gasteiger partial charge in [-0.05, 0) is 35.7 Å². The summed E-state index contributed by atoms with van der Waals surface area (Å²) in [4.78, 5) is 5.49. The minimum atomic E-state index is 0.817. The summed E-state index contributed by atoms with van der Waals surface area (Å²) < 4.78 is 6.57. The molecule has 20 heavy (non-hydrogen) atoms. The lowest BCUT2D eigenvalue weighted by Gasteiger charge is -2.03. The van der Waals surface area contributed by atoms with Gasteiger partial charge in [-0.1, -0.05) is 18.2 Å². The molecule has 4 heteroatoms. The van der Waals surface area contributed by atoms with Crippen molar-refractivity contribution in [3.8, 4) is 0 Å². The Morgan fingerprint density at radius 1 is 1.10 bits per heavy atom. The van der Waals surface area contributed by atoms with Crippen LogP contribution < -0.4 is 5.32 Å². The lowest BCUT2D eigenvalue weighted by molar-refractivity contribution is 0.602. The Morgan fingerprint density at radius 3 is 3.00 bits per heavy atom. The van der Waals surface area contributed by atoms with Gasteiger partial charge in [-0.25, -0.2) is 4.98 Å². The van der Waals surface area contributed by atoms with Crippen LogP contribution >= 0.6 is 11.3 Å². The van der Waals surface area contributed by atoms with E-state index in [1.807, 2.05) is 29.5 Å². The van der Waals surface area contributed by atoms with Gasteiger partial charge in [0.1, 0.15) is 5.52 Å². The summed E-state index contributed by atoms with van der Waals surface area (Å²) in [6.45, 7) is 0.822. The summed E-state index contributed by atoms with van der Waals surface area (Å²) in [6, 6.07) is 16.7. The van der Waals surface area contributed by atoms with E-state index in [0.29, 0.717) is 0 Å². The fourth-order valence-corrected chi connectivity index (χ4v) is 3.29. The van der Waals surface area contributed by atoms with Crippen molar-refractivity contribution < 1.29 is 4.42 Å². The Balaban J connectivity index is 1.56. The van der Waals surface area contributed by atoms with Crippen LogP contribution in [0.3, 0.4) is 0 Å². The predicted octanol–water partition coefficient (Wildman–Crippen LogP) is 4.65. The average molecular weight is 280 g/mol. The van der Waals surface area contributed by atoms with Crippen LogP contribution in [0.2, 0.25) is 0 Å². The van der Waals surface area contributed by atoms with E-state index < -0.39 is 0 Å². The van der Waals surface area contributed by atoms with Crippen LogP contribution in [0, 0.1) is 0 Å². The maximum Gasteiger partial charge on any atom is 0.181 e. The van der Waals surface area contributed by atoms with Gasteiger partial charge in [0.15, 0.2) is 12.0 Å². The molecule has 0 aliphatic heterocycles. The molecule has 0 saturated heterocycles. The molecule has 0 bridgehead atoms. The van der Waals surface area contributed by atoms with Crippen molar-refractivity contribution in [1.29, 1.82) is 0 Å². The summed E-state index contributed by atoms with van der Waals surface area (Å²) >= 11 is 1.83. The predicted molar refractivity (Wildman–Crippen MR) is 83.2 cm³/mol. The largest absolute Gasteiger partial charge is 0.443 e. The standard InChI is InChI=1S/C16H12N2OS/c1-2-4-16-11(3-1)7-13(20-16)9-17-12-5-6-15-14(8-12)18-10-19-15/h1-8,10,17H,9H2. The number of aromatic nitrogens is 1. The van der Waals surface area contributed by atoms with Gasteiger partial charge in [-0.3, -0.25) is 0 Å². The van der Waals surface area contributed by atoms with Crippen molar-refractivity contribution in [1.82, 2.24) is 4.98 Å². The fourth-order valence-electron chi connectivity index (χ4n) is 2.28. The zero-order chi connectivity index (χ0) is 13.4. The van der Waals surface area contributed by atoms with Crippen LogP contribution in [0.5, 0.6) is 0 Å². The second-order valence-corrected chi connectivity index (χ2v) is 5.81. The molecule has 2 heterocycles. The van der Waals surface area contributed by atoms with Gasteiger partial charge >= 0.3 is 0 Å². The smallest absolute Gasteiger partial charge is 0.181 e. The molecular weight excluding hydrogens is 268 g/mol. The van der Waals surface area contributed by atoms with E-state index in [-0.39, 0.29) is 0 Å². The second kappa shape index (κ2) is 4.65. The number of thiophene rings is 1. The number of nitrogens with zero attached hydrogens (tertiary/aromatic N) is 1. The Kier molecular flexibility index (Phi) is 2.67. The lowest BCUT2D eigenvalue weighted by atomic mass is 10.2. The summed E-state index contributed by atoms with van der Waals surface area (Å²) in [5.74, 6) is 0. The normalized spacial score (nSPS) is 11.2. The molecule has 0 aliphatic rings. The molecule has 4 rings (SSSR count). The highest BCUT2D eigenvalue weighted by molar-refractivity contribution is 7.19. The summed E-state index contributed by atoms with van der Waals surface area (Å²) in [7, 11) is 0. The van der Waals surface area contributed by atoms with Crippen molar-refractivity contribution in [2.24, 2.45) is 0 Å². The third-order valence-corrected chi connectivity index (χ3v) is 4.39. The van der Waals surface area contributed by atoms with Gasteiger partial charge in [-0.2, -0.15) is 0 Å². The van der Waals surface area contributed by atoms with E-state index in [1.165, 1.54) is 21.4 Å². The van der Waals surface area contributed by atoms with Gasteiger partial charge in [0.25, 0.3) is 0 Å². The van der Waals surface area contributed by atoms with Crippen LogP contribution in [0.15, 0.2) is 59.3 Å². The first-order valence-electron chi connectivity index (χ1n) is 6.43. The summed E-state index contributed by atoms with van der Waals surface area (Å²) in [5, 5.41) is 4.74. The highest BCUT2D eigenvalue weighted by Crippen LogP contribution is 2.26. The Morgan fingerprint density at radius 2 is 2.05 bits per heavy atom. The monoisotopic (exact) mass is 280 g/mol. The van der Waals surface area contributed by atoms with Crippen molar-refractivity contribution in [3.05, 3.63) is 59.8 Å². The summed E-state index contributed by atoms with van der Waals surface area (Å²) in [5.41, 5.74) is 2.76.